The molecule has 4 heterocycles. The molecule has 2 aromatic rings. The molecule has 0 aromatic carbocycles. The van der Waals surface area contributed by atoms with Gasteiger partial charge in [0.1, 0.15) is 0 Å². The van der Waals surface area contributed by atoms with Gasteiger partial charge in [-0.2, -0.15) is 0 Å². The van der Waals surface area contributed by atoms with Gasteiger partial charge in [-0.15, -0.1) is 22.7 Å². The number of aromatic nitrogens is 1. The van der Waals surface area contributed by atoms with Crippen molar-refractivity contribution in [1.29, 1.82) is 0 Å². The first-order valence-electron chi connectivity index (χ1n) is 8.48. The van der Waals surface area contributed by atoms with Crippen molar-refractivity contribution in [3.05, 3.63) is 38.0 Å². The maximum atomic E-state index is 12.5. The zero-order chi connectivity index (χ0) is 16.7. The van der Waals surface area contributed by atoms with Crippen LogP contribution < -0.4 is 0 Å². The number of hydrogen-bond donors (Lipinski definition) is 0. The van der Waals surface area contributed by atoms with E-state index in [0.29, 0.717) is 18.9 Å². The third kappa shape index (κ3) is 3.27. The number of likely N-dealkylation sites (tertiary alicyclic amines) is 2. The average Bonchev–Trinajstić information content (AvgIpc) is 3.26. The number of thiazole rings is 1. The first-order chi connectivity index (χ1) is 11.5. The van der Waals surface area contributed by atoms with Crippen molar-refractivity contribution in [2.45, 2.75) is 39.8 Å². The van der Waals surface area contributed by atoms with E-state index in [9.17, 15) is 4.79 Å². The van der Waals surface area contributed by atoms with Gasteiger partial charge in [-0.3, -0.25) is 9.69 Å². The van der Waals surface area contributed by atoms with Gasteiger partial charge >= 0.3 is 0 Å². The summed E-state index contributed by atoms with van der Waals surface area (Å²) in [5, 5.41) is 3.15. The normalized spacial score (nSPS) is 24.6. The van der Waals surface area contributed by atoms with Gasteiger partial charge in [0.15, 0.2) is 0 Å². The Kier molecular flexibility index (Phi) is 4.22. The molecule has 0 bridgehead atoms. The van der Waals surface area contributed by atoms with E-state index in [4.69, 9.17) is 0 Å². The lowest BCUT2D eigenvalue weighted by Gasteiger charge is -2.24. The second-order valence-corrected chi connectivity index (χ2v) is 9.69. The molecule has 0 N–H and O–H groups in total. The van der Waals surface area contributed by atoms with Crippen LogP contribution >= 0.6 is 22.7 Å². The molecule has 128 valence electrons. The van der Waals surface area contributed by atoms with E-state index in [2.05, 4.69) is 34.3 Å². The van der Waals surface area contributed by atoms with E-state index in [1.807, 2.05) is 23.2 Å². The lowest BCUT2D eigenvalue weighted by molar-refractivity contribution is -0.128. The van der Waals surface area contributed by atoms with Crippen LogP contribution in [0.15, 0.2) is 17.5 Å². The number of aryl methyl sites for hydroxylation is 2. The molecule has 4 nitrogen and oxygen atoms in total. The van der Waals surface area contributed by atoms with Crippen LogP contribution in [0.3, 0.4) is 0 Å². The summed E-state index contributed by atoms with van der Waals surface area (Å²) < 4.78 is 0. The zero-order valence-electron chi connectivity index (χ0n) is 14.2. The topological polar surface area (TPSA) is 36.4 Å². The van der Waals surface area contributed by atoms with Gasteiger partial charge < -0.3 is 4.90 Å². The molecule has 0 unspecified atom stereocenters. The molecular weight excluding hydrogens is 338 g/mol. The quantitative estimate of drug-likeness (QED) is 0.837. The van der Waals surface area contributed by atoms with Gasteiger partial charge in [0.2, 0.25) is 5.91 Å². The molecule has 1 atom stereocenters. The summed E-state index contributed by atoms with van der Waals surface area (Å²) in [4.78, 5) is 24.4. The van der Waals surface area contributed by atoms with Crippen LogP contribution in [-0.2, 0) is 17.9 Å². The molecule has 2 aliphatic heterocycles. The first kappa shape index (κ1) is 16.2. The van der Waals surface area contributed by atoms with Crippen LogP contribution in [0.2, 0.25) is 0 Å². The highest BCUT2D eigenvalue weighted by molar-refractivity contribution is 7.11. The molecule has 1 spiro atoms. The predicted molar refractivity (Wildman–Crippen MR) is 98.3 cm³/mol. The van der Waals surface area contributed by atoms with Crippen LogP contribution in [0.1, 0.15) is 33.3 Å². The molecular formula is C18H23N3OS2. The van der Waals surface area contributed by atoms with Gasteiger partial charge in [-0.05, 0) is 38.9 Å². The number of carbonyl (C=O) groups excluding carboxylic acids is 1. The standard InChI is InChI=1S/C18H23N3OS2/c1-13-3-4-16(24-13)9-20-6-5-18(11-20)7-17(22)21(12-18)8-15-10-23-14(2)19-15/h3-4,10H,5-9,11-12H2,1-2H3/t18-/m0/s1. The van der Waals surface area contributed by atoms with E-state index in [1.165, 1.54) is 9.75 Å². The molecule has 4 rings (SSSR count). The Labute approximate surface area is 151 Å². The van der Waals surface area contributed by atoms with Gasteiger partial charge in [-0.25, -0.2) is 4.98 Å². The van der Waals surface area contributed by atoms with Crippen LogP contribution in [0.25, 0.3) is 0 Å². The van der Waals surface area contributed by atoms with Gasteiger partial charge in [0, 0.05) is 46.6 Å². The van der Waals surface area contributed by atoms with Crippen LogP contribution in [0, 0.1) is 19.3 Å². The summed E-state index contributed by atoms with van der Waals surface area (Å²) in [7, 11) is 0. The molecule has 24 heavy (non-hydrogen) atoms. The summed E-state index contributed by atoms with van der Waals surface area (Å²) in [6.07, 6.45) is 1.84. The van der Waals surface area contributed by atoms with Crippen LogP contribution in [0.4, 0.5) is 0 Å². The summed E-state index contributed by atoms with van der Waals surface area (Å²) in [5.41, 5.74) is 1.20. The number of thiophene rings is 1. The number of amides is 1. The van der Waals surface area contributed by atoms with Crippen molar-refractivity contribution in [3.8, 4) is 0 Å². The van der Waals surface area contributed by atoms with Crippen molar-refractivity contribution in [1.82, 2.24) is 14.8 Å². The summed E-state index contributed by atoms with van der Waals surface area (Å²) in [5.74, 6) is 0.300. The fourth-order valence-electron chi connectivity index (χ4n) is 4.03. The van der Waals surface area contributed by atoms with Crippen molar-refractivity contribution in [3.63, 3.8) is 0 Å². The van der Waals surface area contributed by atoms with E-state index in [1.54, 1.807) is 11.3 Å². The van der Waals surface area contributed by atoms with Crippen LogP contribution in [-0.4, -0.2) is 40.3 Å². The minimum absolute atomic E-state index is 0.161. The Hall–Kier alpha value is -1.24. The lowest BCUT2D eigenvalue weighted by atomic mass is 9.86. The van der Waals surface area contributed by atoms with Gasteiger partial charge in [-0.1, -0.05) is 0 Å². The maximum absolute atomic E-state index is 12.5. The Bertz CT molecular complexity index is 753. The predicted octanol–water partition coefficient (Wildman–Crippen LogP) is 3.45. The summed E-state index contributed by atoms with van der Waals surface area (Å²) in [6.45, 7) is 8.92. The van der Waals surface area contributed by atoms with Gasteiger partial charge in [0.25, 0.3) is 0 Å². The van der Waals surface area contributed by atoms with Crippen molar-refractivity contribution in [2.75, 3.05) is 19.6 Å². The largest absolute Gasteiger partial charge is 0.336 e. The highest BCUT2D eigenvalue weighted by Crippen LogP contribution is 2.41. The number of carbonyl (C=O) groups is 1. The Balaban J connectivity index is 1.39. The molecule has 0 radical (unpaired) electrons. The smallest absolute Gasteiger partial charge is 0.223 e. The highest BCUT2D eigenvalue weighted by Gasteiger charge is 2.47. The van der Waals surface area contributed by atoms with E-state index in [-0.39, 0.29) is 5.41 Å². The fraction of sp³-hybridized carbons (Fsp3) is 0.556. The Morgan fingerprint density at radius 2 is 2.12 bits per heavy atom. The molecule has 2 saturated heterocycles. The lowest BCUT2D eigenvalue weighted by Crippen LogP contribution is -2.31. The minimum Gasteiger partial charge on any atom is -0.336 e. The first-order valence-corrected chi connectivity index (χ1v) is 10.2. The highest BCUT2D eigenvalue weighted by atomic mass is 32.1. The molecule has 2 aromatic heterocycles. The summed E-state index contributed by atoms with van der Waals surface area (Å²) >= 11 is 3.54. The Morgan fingerprint density at radius 1 is 1.25 bits per heavy atom. The zero-order valence-corrected chi connectivity index (χ0v) is 15.9. The minimum atomic E-state index is 0.161. The van der Waals surface area contributed by atoms with Crippen molar-refractivity contribution < 1.29 is 4.79 Å². The summed E-state index contributed by atoms with van der Waals surface area (Å²) in [6, 6.07) is 4.43. The third-order valence-electron chi connectivity index (χ3n) is 5.12. The molecule has 2 aliphatic rings. The molecule has 2 fully saturated rings. The van der Waals surface area contributed by atoms with E-state index >= 15 is 0 Å². The number of hydrogen-bond acceptors (Lipinski definition) is 5. The van der Waals surface area contributed by atoms with Gasteiger partial charge in [0.05, 0.1) is 17.2 Å². The SMILES string of the molecule is Cc1ccc(CN2CC[C@]3(CC(=O)N(Cc4csc(C)n4)C3)C2)s1. The monoisotopic (exact) mass is 361 g/mol. The molecule has 0 saturated carbocycles. The van der Waals surface area contributed by atoms with Crippen molar-refractivity contribution >= 4 is 28.6 Å². The number of nitrogens with zero attached hydrogens (tertiary/aromatic N) is 3. The second-order valence-electron chi connectivity index (χ2n) is 7.26. The molecule has 0 aliphatic carbocycles. The molecule has 6 heteroatoms. The fourth-order valence-corrected chi connectivity index (χ4v) is 5.57. The van der Waals surface area contributed by atoms with E-state index in [0.717, 1.165) is 43.3 Å². The van der Waals surface area contributed by atoms with Crippen LogP contribution in [0.5, 0.6) is 0 Å². The third-order valence-corrected chi connectivity index (χ3v) is 6.93. The van der Waals surface area contributed by atoms with E-state index < -0.39 is 0 Å². The number of rotatable bonds is 4. The molecule has 1 amide bonds. The second kappa shape index (κ2) is 6.24. The Morgan fingerprint density at radius 3 is 2.83 bits per heavy atom. The maximum Gasteiger partial charge on any atom is 0.223 e. The van der Waals surface area contributed by atoms with Crippen molar-refractivity contribution in [2.24, 2.45) is 5.41 Å². The average molecular weight is 362 g/mol.